The average Bonchev–Trinajstić information content (AvgIpc) is 3.19. The number of aliphatic hydroxyl groups is 3. The molecule has 6 fully saturated rings. The average molecular weight is 463 g/mol. The van der Waals surface area contributed by atoms with Gasteiger partial charge in [-0.1, -0.05) is 27.7 Å². The molecular formula is C27H42O6. The molecule has 0 aromatic heterocycles. The Balaban J connectivity index is 1.34. The van der Waals surface area contributed by atoms with Gasteiger partial charge in [0.2, 0.25) is 0 Å². The van der Waals surface area contributed by atoms with Gasteiger partial charge in [-0.15, -0.1) is 0 Å². The summed E-state index contributed by atoms with van der Waals surface area (Å²) in [6.07, 6.45) is 3.07. The predicted molar refractivity (Wildman–Crippen MR) is 121 cm³/mol. The van der Waals surface area contributed by atoms with Gasteiger partial charge in [-0.25, -0.2) is 0 Å². The van der Waals surface area contributed by atoms with Crippen LogP contribution in [0.4, 0.5) is 0 Å². The highest BCUT2D eigenvalue weighted by molar-refractivity contribution is 5.87. The van der Waals surface area contributed by atoms with Gasteiger partial charge in [0, 0.05) is 35.5 Å². The smallest absolute Gasteiger partial charge is 0.171 e. The Bertz CT molecular complexity index is 821. The first-order valence-electron chi connectivity index (χ1n) is 13.4. The number of fused-ring (bicyclic) bond motifs is 7. The number of rotatable bonds is 0. The molecule has 6 heteroatoms. The largest absolute Gasteiger partial charge is 0.393 e. The Hall–Kier alpha value is -0.530. The van der Waals surface area contributed by atoms with Crippen LogP contribution in [0.1, 0.15) is 72.6 Å². The third-order valence-electron chi connectivity index (χ3n) is 11.9. The van der Waals surface area contributed by atoms with Crippen molar-refractivity contribution in [2.75, 3.05) is 6.61 Å². The molecule has 0 unspecified atom stereocenters. The van der Waals surface area contributed by atoms with Gasteiger partial charge in [-0.05, 0) is 61.7 Å². The van der Waals surface area contributed by atoms with Crippen molar-refractivity contribution >= 4 is 5.78 Å². The molecule has 2 heterocycles. The predicted octanol–water partition coefficient (Wildman–Crippen LogP) is 2.91. The van der Waals surface area contributed by atoms with Crippen molar-refractivity contribution in [3.8, 4) is 0 Å². The monoisotopic (exact) mass is 462 g/mol. The van der Waals surface area contributed by atoms with Gasteiger partial charge in [0.15, 0.2) is 5.79 Å². The summed E-state index contributed by atoms with van der Waals surface area (Å²) in [6.45, 7) is 9.41. The van der Waals surface area contributed by atoms with E-state index in [-0.39, 0.29) is 47.4 Å². The van der Waals surface area contributed by atoms with Crippen molar-refractivity contribution in [2.45, 2.75) is 103 Å². The minimum Gasteiger partial charge on any atom is -0.393 e. The van der Waals surface area contributed by atoms with E-state index in [1.807, 2.05) is 0 Å². The Kier molecular flexibility index (Phi) is 5.03. The van der Waals surface area contributed by atoms with Gasteiger partial charge < -0.3 is 24.8 Å². The second-order valence-electron chi connectivity index (χ2n) is 13.2. The molecule has 4 aliphatic carbocycles. The molecule has 6 nitrogen and oxygen atoms in total. The van der Waals surface area contributed by atoms with E-state index in [9.17, 15) is 20.1 Å². The second kappa shape index (κ2) is 7.25. The first-order chi connectivity index (χ1) is 15.5. The van der Waals surface area contributed by atoms with Gasteiger partial charge in [0.1, 0.15) is 5.78 Å². The molecule has 14 atom stereocenters. The molecular weight excluding hydrogens is 420 g/mol. The van der Waals surface area contributed by atoms with Crippen molar-refractivity contribution in [1.82, 2.24) is 0 Å². The Morgan fingerprint density at radius 1 is 1.00 bits per heavy atom. The third kappa shape index (κ3) is 2.82. The van der Waals surface area contributed by atoms with Crippen molar-refractivity contribution in [3.05, 3.63) is 0 Å². The minimum atomic E-state index is -0.639. The van der Waals surface area contributed by atoms with Gasteiger partial charge in [0.05, 0.1) is 31.0 Å². The number of ketones is 1. The maximum absolute atomic E-state index is 14.0. The topological polar surface area (TPSA) is 96.2 Å². The number of carbonyl (C=O) groups is 1. The Morgan fingerprint density at radius 3 is 2.45 bits per heavy atom. The van der Waals surface area contributed by atoms with Crippen LogP contribution in [-0.2, 0) is 14.3 Å². The van der Waals surface area contributed by atoms with E-state index in [1.165, 1.54) is 0 Å². The molecule has 186 valence electrons. The summed E-state index contributed by atoms with van der Waals surface area (Å²) in [5.41, 5.74) is -0.960. The van der Waals surface area contributed by atoms with Crippen molar-refractivity contribution in [3.63, 3.8) is 0 Å². The van der Waals surface area contributed by atoms with Gasteiger partial charge >= 0.3 is 0 Å². The fraction of sp³-hybridized carbons (Fsp3) is 0.963. The second-order valence-corrected chi connectivity index (χ2v) is 13.2. The molecule has 2 saturated heterocycles. The zero-order chi connectivity index (χ0) is 23.5. The zero-order valence-corrected chi connectivity index (χ0v) is 20.6. The summed E-state index contributed by atoms with van der Waals surface area (Å²) in [7, 11) is 0. The molecule has 0 amide bonds. The van der Waals surface area contributed by atoms with Gasteiger partial charge in [-0.3, -0.25) is 4.79 Å². The lowest BCUT2D eigenvalue weighted by atomic mass is 9.42. The summed E-state index contributed by atoms with van der Waals surface area (Å²) in [4.78, 5) is 14.0. The van der Waals surface area contributed by atoms with E-state index in [1.54, 1.807) is 0 Å². The molecule has 1 spiro atoms. The number of Topliss-reactive ketones (excluding diaryl/α,β-unsaturated/α-hetero) is 1. The molecule has 0 bridgehead atoms. The minimum absolute atomic E-state index is 0.0107. The molecule has 6 aliphatic rings. The highest BCUT2D eigenvalue weighted by Crippen LogP contribution is 2.70. The van der Waals surface area contributed by atoms with Crippen LogP contribution in [0.5, 0.6) is 0 Å². The Morgan fingerprint density at radius 2 is 1.76 bits per heavy atom. The summed E-state index contributed by atoms with van der Waals surface area (Å²) in [5.74, 6) is 0.562. The van der Waals surface area contributed by atoms with Gasteiger partial charge in [0.25, 0.3) is 0 Å². The van der Waals surface area contributed by atoms with Crippen LogP contribution in [0.15, 0.2) is 0 Å². The van der Waals surface area contributed by atoms with Crippen molar-refractivity contribution < 1.29 is 29.6 Å². The lowest BCUT2D eigenvalue weighted by Gasteiger charge is -2.63. The van der Waals surface area contributed by atoms with Crippen LogP contribution < -0.4 is 0 Å². The number of aliphatic hydroxyl groups excluding tert-OH is 3. The highest BCUT2D eigenvalue weighted by Gasteiger charge is 2.73. The van der Waals surface area contributed by atoms with Gasteiger partial charge in [-0.2, -0.15) is 0 Å². The quantitative estimate of drug-likeness (QED) is 0.512. The van der Waals surface area contributed by atoms with Crippen LogP contribution >= 0.6 is 0 Å². The van der Waals surface area contributed by atoms with Crippen LogP contribution in [0, 0.1) is 52.3 Å². The molecule has 33 heavy (non-hydrogen) atoms. The highest BCUT2D eigenvalue weighted by atomic mass is 16.7. The van der Waals surface area contributed by atoms with E-state index < -0.39 is 34.9 Å². The lowest BCUT2D eigenvalue weighted by molar-refractivity contribution is -0.273. The first kappa shape index (κ1) is 22.9. The summed E-state index contributed by atoms with van der Waals surface area (Å²) < 4.78 is 13.1. The molecule has 0 radical (unpaired) electrons. The maximum atomic E-state index is 14.0. The SMILES string of the molecule is C[C@@H]1CC[C@@]2(OC1)O[C@H]1C[C@H]3[C@@H]4[C@@H](O)C[C@H]5C[C@@H](O)C[C@@H](O)[C@]5(C)[C@H]4CC(=O)[C@]3(C)[C@H]1[C@@H]2C. The first-order valence-corrected chi connectivity index (χ1v) is 13.4. The lowest BCUT2D eigenvalue weighted by Crippen LogP contribution is -2.65. The van der Waals surface area contributed by atoms with E-state index >= 15 is 0 Å². The number of ether oxygens (including phenoxy) is 2. The zero-order valence-electron chi connectivity index (χ0n) is 20.6. The number of hydrogen-bond donors (Lipinski definition) is 3. The Labute approximate surface area is 197 Å². The fourth-order valence-corrected chi connectivity index (χ4v) is 9.98. The standard InChI is InChI=1S/C27H42O6/c1-13-5-6-27(32-12-13)14(2)24-20(33-27)10-17-23-18(11-22(31)26(17,24)4)25(3)15(8-19(23)29)7-16(28)9-21(25)30/h13-21,23-24,28-30H,5-12H2,1-4H3/t13-,14+,15-,16-,17+,18+,19+,20+,21-,23+,24+,25+,26-,27-/m1/s1. The third-order valence-corrected chi connectivity index (χ3v) is 11.9. The van der Waals surface area contributed by atoms with Crippen LogP contribution in [0.2, 0.25) is 0 Å². The van der Waals surface area contributed by atoms with Crippen molar-refractivity contribution in [1.29, 1.82) is 0 Å². The van der Waals surface area contributed by atoms with E-state index in [0.29, 0.717) is 38.2 Å². The van der Waals surface area contributed by atoms with Crippen LogP contribution in [-0.4, -0.2) is 57.9 Å². The molecule has 4 saturated carbocycles. The molecule has 0 aromatic carbocycles. The fourth-order valence-electron chi connectivity index (χ4n) is 9.98. The molecule has 6 rings (SSSR count). The van der Waals surface area contributed by atoms with Crippen molar-refractivity contribution in [2.24, 2.45) is 52.3 Å². The van der Waals surface area contributed by atoms with E-state index in [4.69, 9.17) is 9.47 Å². The number of carbonyl (C=O) groups excluding carboxylic acids is 1. The normalized spacial score (nSPS) is 62.5. The number of hydrogen-bond acceptors (Lipinski definition) is 6. The summed E-state index contributed by atoms with van der Waals surface area (Å²) in [5, 5.41) is 32.9. The summed E-state index contributed by atoms with van der Waals surface area (Å²) >= 11 is 0. The molecule has 2 aliphatic heterocycles. The van der Waals surface area contributed by atoms with E-state index in [2.05, 4.69) is 27.7 Å². The summed E-state index contributed by atoms with van der Waals surface area (Å²) in [6, 6.07) is 0. The molecule has 0 aromatic rings. The molecule has 3 N–H and O–H groups in total. The maximum Gasteiger partial charge on any atom is 0.171 e. The van der Waals surface area contributed by atoms with Crippen LogP contribution in [0.25, 0.3) is 0 Å². The van der Waals surface area contributed by atoms with Crippen LogP contribution in [0.3, 0.4) is 0 Å². The van der Waals surface area contributed by atoms with E-state index in [0.717, 1.165) is 19.3 Å².